The first kappa shape index (κ1) is 58.2. The molecule has 72 heavy (non-hydrogen) atoms. The number of carbonyl (C=O) groups excluding carboxylic acids is 6. The first-order chi connectivity index (χ1) is 34.1. The number of carbonyl (C=O) groups is 6. The number of hydrogen-bond donors (Lipinski definition) is 9. The van der Waals surface area contributed by atoms with Gasteiger partial charge in [0.05, 0.1) is 25.2 Å². The fourth-order valence-electron chi connectivity index (χ4n) is 9.77. The van der Waals surface area contributed by atoms with E-state index in [0.29, 0.717) is 38.8 Å². The van der Waals surface area contributed by atoms with Crippen molar-refractivity contribution in [2.75, 3.05) is 40.0 Å². The maximum absolute atomic E-state index is 15.4. The Morgan fingerprint density at radius 2 is 1.71 bits per heavy atom. The number of esters is 2. The van der Waals surface area contributed by atoms with Crippen molar-refractivity contribution in [3.05, 3.63) is 11.6 Å². The highest BCUT2D eigenvalue weighted by Crippen LogP contribution is 2.48. The van der Waals surface area contributed by atoms with Crippen LogP contribution in [0.4, 0.5) is 4.79 Å². The van der Waals surface area contributed by atoms with E-state index in [4.69, 9.17) is 39.9 Å². The molecular weight excluding hydrogens is 975 g/mol. The summed E-state index contributed by atoms with van der Waals surface area (Å²) in [6.45, 7) is 6.59. The number of hydrogen-bond acceptors (Lipinski definition) is 18. The van der Waals surface area contributed by atoms with Crippen LogP contribution >= 0.6 is 0 Å². The summed E-state index contributed by atoms with van der Waals surface area (Å²) in [4.78, 5) is 84.1. The Morgan fingerprint density at radius 3 is 2.32 bits per heavy atom. The molecular formula is C45H74N7O19S+. The zero-order valence-corrected chi connectivity index (χ0v) is 42.3. The first-order valence-corrected chi connectivity index (χ1v) is 26.0. The van der Waals surface area contributed by atoms with Crippen molar-refractivity contribution in [3.8, 4) is 0 Å². The van der Waals surface area contributed by atoms with Gasteiger partial charge in [-0.2, -0.15) is 8.42 Å². The van der Waals surface area contributed by atoms with Gasteiger partial charge in [-0.05, 0) is 43.3 Å². The summed E-state index contributed by atoms with van der Waals surface area (Å²) in [5.74, 6) is -4.69. The Hall–Kier alpha value is -4.74. The minimum atomic E-state index is -5.03. The molecule has 0 radical (unpaired) electrons. The number of likely N-dealkylation sites (tertiary alicyclic amines) is 1. The maximum Gasteiger partial charge on any atom is 0.408 e. The molecule has 0 aromatic rings. The topological polar surface area (TPSA) is 376 Å². The van der Waals surface area contributed by atoms with E-state index in [9.17, 15) is 52.3 Å². The summed E-state index contributed by atoms with van der Waals surface area (Å²) < 4.78 is 72.9. The smallest absolute Gasteiger partial charge is 0.408 e. The lowest BCUT2D eigenvalue weighted by molar-refractivity contribution is -0.503. The maximum atomic E-state index is 15.4. The molecule has 3 saturated heterocycles. The normalized spacial score (nSPS) is 30.2. The molecule has 4 aliphatic heterocycles. The molecule has 0 aromatic heterocycles. The predicted molar refractivity (Wildman–Crippen MR) is 249 cm³/mol. The van der Waals surface area contributed by atoms with Crippen molar-refractivity contribution in [1.82, 2.24) is 20.9 Å². The minimum Gasteiger partial charge on any atom is -0.463 e. The molecule has 5 aliphatic rings. The summed E-state index contributed by atoms with van der Waals surface area (Å²) in [6.07, 6.45) is -8.10. The van der Waals surface area contributed by atoms with Crippen LogP contribution in [0.5, 0.6) is 0 Å². The van der Waals surface area contributed by atoms with E-state index in [1.165, 1.54) is 0 Å². The van der Waals surface area contributed by atoms with Crippen LogP contribution in [0.3, 0.4) is 0 Å². The van der Waals surface area contributed by atoms with E-state index in [0.717, 1.165) is 36.8 Å². The molecule has 4 heterocycles. The van der Waals surface area contributed by atoms with Crippen molar-refractivity contribution in [1.29, 1.82) is 0 Å². The molecule has 26 nitrogen and oxygen atoms in total. The second-order valence-corrected chi connectivity index (χ2v) is 20.1. The number of methoxy groups -OCH3 is 1. The number of rotatable bonds is 26. The monoisotopic (exact) mass is 1050 g/mol. The zero-order valence-electron chi connectivity index (χ0n) is 41.5. The molecule has 5 rings (SSSR count). The van der Waals surface area contributed by atoms with Crippen LogP contribution in [-0.2, 0) is 67.0 Å². The van der Waals surface area contributed by atoms with Crippen molar-refractivity contribution < 1.29 is 94.2 Å². The minimum absolute atomic E-state index is 0.0325. The van der Waals surface area contributed by atoms with Crippen LogP contribution in [-0.4, -0.2) is 198 Å². The lowest BCUT2D eigenvalue weighted by Gasteiger charge is -2.58. The van der Waals surface area contributed by atoms with Crippen LogP contribution < -0.4 is 27.4 Å². The molecule has 14 atom stereocenters. The number of aliphatic hydroxyl groups is 3. The Kier molecular flexibility index (Phi) is 21.0. The fourth-order valence-corrected chi connectivity index (χ4v) is 10.1. The number of amides is 4. The van der Waals surface area contributed by atoms with Crippen LogP contribution in [0.25, 0.3) is 0 Å². The van der Waals surface area contributed by atoms with Gasteiger partial charge in [0.1, 0.15) is 55.8 Å². The standard InChI is InChI=1S/C45H73N7O19S/c1-6-9-11-13-30(53)66-22-28-34(55)35(56)36(70-31(54)14-12-10-7-2)42(69-28)68-26-19-27-38(57)45(20-26)37(50-44(61)71-45)33(40(59)48-17-15-25-16-18-51(21-25)43(46)47)52(27)41(60)32(24(4)8-3)49-39(58)29(65-5)23-67-72(62,63)64/h16,24,26-29,32-38,42,55-57H,6-15,17-23H2,1-5H3,(H7,46,47,48,49,50,58,59,61,62,63,64)/p+1/t24-,26?,27?,28+,29?,32+,33?,34+,35-,36+,37?,38?,42-,45?/m0/s1. The summed E-state index contributed by atoms with van der Waals surface area (Å²) in [7, 11) is -3.97. The SMILES string of the molecule is CCCCCC(=O)OC[C@H]1O[C@H](OC2CC3C(O)C4(C2)OC(=O)NC4C(C(=O)NCCC2=CC[N+](=C(N)N)C2)N3C(=O)[C@H](NC(=O)C(COS(=O)(=O)O)OC)[C@@H](C)CC)[C@H](OC(=O)CCCCC)[C@@H](O)[C@@H]1O. The number of alkyl carbamates (subject to hydrolysis) is 1. The second-order valence-electron chi connectivity index (χ2n) is 19.0. The summed E-state index contributed by atoms with van der Waals surface area (Å²) in [5, 5.41) is 43.2. The molecule has 2 bridgehead atoms. The molecule has 27 heteroatoms. The van der Waals surface area contributed by atoms with Crippen molar-refractivity contribution in [2.45, 2.75) is 184 Å². The third-order valence-corrected chi connectivity index (χ3v) is 14.4. The van der Waals surface area contributed by atoms with Crippen LogP contribution in [0, 0.1) is 5.92 Å². The van der Waals surface area contributed by atoms with E-state index < -0.39 is 144 Å². The summed E-state index contributed by atoms with van der Waals surface area (Å²) >= 11 is 0. The number of nitrogens with two attached hydrogens (primary N) is 2. The predicted octanol–water partition coefficient (Wildman–Crippen LogP) is -1.89. The number of aliphatic hydroxyl groups excluding tert-OH is 3. The molecule has 7 unspecified atom stereocenters. The molecule has 4 fully saturated rings. The molecule has 11 N–H and O–H groups in total. The van der Waals surface area contributed by atoms with Gasteiger partial charge in [-0.1, -0.05) is 59.8 Å². The Bertz CT molecular complexity index is 2110. The van der Waals surface area contributed by atoms with Gasteiger partial charge in [0.15, 0.2) is 24.1 Å². The molecule has 1 aliphatic carbocycles. The Balaban J connectivity index is 1.52. The van der Waals surface area contributed by atoms with Crippen molar-refractivity contribution in [3.63, 3.8) is 0 Å². The highest BCUT2D eigenvalue weighted by atomic mass is 32.3. The average Bonchev–Trinajstić information content (AvgIpc) is 3.94. The van der Waals surface area contributed by atoms with E-state index in [2.05, 4.69) is 20.1 Å². The molecule has 408 valence electrons. The summed E-state index contributed by atoms with van der Waals surface area (Å²) in [6, 6.07) is -6.09. The number of piperidine rings is 1. The number of unbranched alkanes of at least 4 members (excludes halogenated alkanes) is 4. The van der Waals surface area contributed by atoms with Crippen LogP contribution in [0.15, 0.2) is 11.6 Å². The van der Waals surface area contributed by atoms with E-state index >= 15 is 4.79 Å². The van der Waals surface area contributed by atoms with Crippen LogP contribution in [0.1, 0.15) is 105 Å². The summed E-state index contributed by atoms with van der Waals surface area (Å²) in [5.41, 5.74) is 10.4. The van der Waals surface area contributed by atoms with Gasteiger partial charge >= 0.3 is 34.4 Å². The van der Waals surface area contributed by atoms with Gasteiger partial charge in [0.2, 0.25) is 11.8 Å². The highest BCUT2D eigenvalue weighted by Gasteiger charge is 2.70. The van der Waals surface area contributed by atoms with Crippen molar-refractivity contribution in [2.24, 2.45) is 17.4 Å². The van der Waals surface area contributed by atoms with E-state index in [-0.39, 0.29) is 44.6 Å². The van der Waals surface area contributed by atoms with Gasteiger partial charge in [0, 0.05) is 32.9 Å². The van der Waals surface area contributed by atoms with Gasteiger partial charge in [-0.25, -0.2) is 8.98 Å². The molecule has 1 spiro atoms. The van der Waals surface area contributed by atoms with Gasteiger partial charge in [0.25, 0.3) is 5.91 Å². The third-order valence-electron chi connectivity index (χ3n) is 13.9. The number of fused-ring (bicyclic) bond motifs is 1. The highest BCUT2D eigenvalue weighted by molar-refractivity contribution is 7.80. The van der Waals surface area contributed by atoms with Crippen molar-refractivity contribution >= 4 is 52.1 Å². The Labute approximate surface area is 418 Å². The largest absolute Gasteiger partial charge is 0.463 e. The van der Waals surface area contributed by atoms with Gasteiger partial charge in [-0.15, -0.1) is 0 Å². The molecule has 0 aromatic carbocycles. The lowest BCUT2D eigenvalue weighted by Crippen LogP contribution is -2.80. The van der Waals surface area contributed by atoms with E-state index in [1.807, 2.05) is 19.9 Å². The number of ether oxygens (including phenoxy) is 6. The first-order valence-electron chi connectivity index (χ1n) is 24.6. The average molecular weight is 1050 g/mol. The molecule has 4 amide bonds. The lowest BCUT2D eigenvalue weighted by atomic mass is 9.66. The van der Waals surface area contributed by atoms with Gasteiger partial charge in [-0.3, -0.25) is 44.6 Å². The van der Waals surface area contributed by atoms with Crippen LogP contribution in [0.2, 0.25) is 0 Å². The Morgan fingerprint density at radius 1 is 1.03 bits per heavy atom. The molecule has 1 saturated carbocycles. The van der Waals surface area contributed by atoms with Gasteiger partial charge < -0.3 is 64.6 Å². The zero-order chi connectivity index (χ0) is 53.1. The van der Waals surface area contributed by atoms with E-state index in [1.54, 1.807) is 18.4 Å². The number of nitrogens with zero attached hydrogens (tertiary/aromatic N) is 2. The number of guanidine groups is 1. The third kappa shape index (κ3) is 14.3. The fraction of sp³-hybridized carbons (Fsp3) is 0.800. The number of nitrogens with one attached hydrogen (secondary N) is 3. The second kappa shape index (κ2) is 26.0. The quantitative estimate of drug-likeness (QED) is 0.00870.